The highest BCUT2D eigenvalue weighted by Gasteiger charge is 2.61. The van der Waals surface area contributed by atoms with E-state index >= 15 is 0 Å². The molecule has 0 unspecified atom stereocenters. The number of ether oxygens (including phenoxy) is 2. The van der Waals surface area contributed by atoms with E-state index in [2.05, 4.69) is 0 Å². The van der Waals surface area contributed by atoms with Gasteiger partial charge in [-0.05, 0) is 24.1 Å². The van der Waals surface area contributed by atoms with E-state index in [9.17, 15) is 9.90 Å². The third-order valence-corrected chi connectivity index (χ3v) is 4.51. The van der Waals surface area contributed by atoms with Gasteiger partial charge in [-0.15, -0.1) is 0 Å². The third-order valence-electron chi connectivity index (χ3n) is 4.51. The van der Waals surface area contributed by atoms with Gasteiger partial charge in [0.2, 0.25) is 5.60 Å². The molecule has 25 heavy (non-hydrogen) atoms. The molecule has 0 spiro atoms. The average Bonchev–Trinajstić information content (AvgIpc) is 3.00. The van der Waals surface area contributed by atoms with Crippen LogP contribution in [0.3, 0.4) is 0 Å². The van der Waals surface area contributed by atoms with Crippen LogP contribution >= 0.6 is 0 Å². The van der Waals surface area contributed by atoms with Crippen molar-refractivity contribution in [3.05, 3.63) is 77.9 Å². The summed E-state index contributed by atoms with van der Waals surface area (Å²) in [4.78, 5) is 12.9. The zero-order valence-corrected chi connectivity index (χ0v) is 14.2. The largest absolute Gasteiger partial charge is 0.463 e. The summed E-state index contributed by atoms with van der Waals surface area (Å²) in [5, 5.41) is 11.4. The molecule has 2 atom stereocenters. The molecule has 130 valence electrons. The standard InChI is InChI=1S/C21H22O4/c1-2-24-19(22)21(18-11-7-4-8-12-18)20(23,15-16-25-21)14-13-17-9-5-3-6-10-17/h3-14,23H,2,15-16H2,1H3/b14-13+/t20-,21-/m1/s1. The number of carbonyl (C=O) groups is 1. The molecule has 2 aromatic carbocycles. The molecule has 1 aliphatic heterocycles. The molecule has 0 aliphatic carbocycles. The number of benzene rings is 2. The second-order valence-electron chi connectivity index (χ2n) is 6.03. The molecule has 1 aliphatic rings. The van der Waals surface area contributed by atoms with E-state index in [1.165, 1.54) is 0 Å². The number of aliphatic hydroxyl groups is 1. The average molecular weight is 338 g/mol. The molecule has 1 fully saturated rings. The first-order valence-electron chi connectivity index (χ1n) is 8.46. The molecule has 1 saturated heterocycles. The molecule has 3 rings (SSSR count). The lowest BCUT2D eigenvalue weighted by molar-refractivity contribution is -0.184. The molecule has 4 heteroatoms. The Balaban J connectivity index is 2.06. The van der Waals surface area contributed by atoms with Crippen molar-refractivity contribution in [2.45, 2.75) is 24.5 Å². The number of hydrogen-bond donors (Lipinski definition) is 1. The van der Waals surface area contributed by atoms with Gasteiger partial charge in [-0.1, -0.05) is 66.7 Å². The fourth-order valence-corrected chi connectivity index (χ4v) is 3.25. The van der Waals surface area contributed by atoms with Crippen molar-refractivity contribution in [3.63, 3.8) is 0 Å². The smallest absolute Gasteiger partial charge is 0.346 e. The maximum atomic E-state index is 12.9. The number of hydrogen-bond acceptors (Lipinski definition) is 4. The predicted molar refractivity (Wildman–Crippen MR) is 95.7 cm³/mol. The van der Waals surface area contributed by atoms with E-state index < -0.39 is 17.2 Å². The van der Waals surface area contributed by atoms with Crippen LogP contribution in [0.1, 0.15) is 24.5 Å². The Morgan fingerprint density at radius 1 is 1.16 bits per heavy atom. The molecular weight excluding hydrogens is 316 g/mol. The van der Waals surface area contributed by atoms with E-state index in [1.54, 1.807) is 25.1 Å². The summed E-state index contributed by atoms with van der Waals surface area (Å²) in [6.07, 6.45) is 3.77. The van der Waals surface area contributed by atoms with Crippen molar-refractivity contribution in [2.24, 2.45) is 0 Å². The van der Waals surface area contributed by atoms with Crippen molar-refractivity contribution in [3.8, 4) is 0 Å². The molecule has 1 N–H and O–H groups in total. The van der Waals surface area contributed by atoms with E-state index in [4.69, 9.17) is 9.47 Å². The van der Waals surface area contributed by atoms with Crippen LogP contribution in [0.5, 0.6) is 0 Å². The number of carbonyl (C=O) groups excluding carboxylic acids is 1. The predicted octanol–water partition coefficient (Wildman–Crippen LogP) is 3.31. The van der Waals surface area contributed by atoms with Gasteiger partial charge in [0.15, 0.2) is 0 Å². The van der Waals surface area contributed by atoms with Crippen LogP contribution in [-0.4, -0.2) is 29.9 Å². The highest BCUT2D eigenvalue weighted by molar-refractivity contribution is 5.84. The first-order chi connectivity index (χ1) is 12.1. The fraction of sp³-hybridized carbons (Fsp3) is 0.286. The minimum atomic E-state index is -1.56. The minimum Gasteiger partial charge on any atom is -0.463 e. The van der Waals surface area contributed by atoms with Crippen LogP contribution in [0.4, 0.5) is 0 Å². The van der Waals surface area contributed by atoms with E-state index in [-0.39, 0.29) is 13.2 Å². The van der Waals surface area contributed by atoms with Gasteiger partial charge in [0.25, 0.3) is 0 Å². The Morgan fingerprint density at radius 3 is 2.44 bits per heavy atom. The van der Waals surface area contributed by atoms with Gasteiger partial charge >= 0.3 is 5.97 Å². The second-order valence-corrected chi connectivity index (χ2v) is 6.03. The highest BCUT2D eigenvalue weighted by Crippen LogP contribution is 2.46. The van der Waals surface area contributed by atoms with Crippen molar-refractivity contribution >= 4 is 12.0 Å². The van der Waals surface area contributed by atoms with Gasteiger partial charge in [-0.2, -0.15) is 0 Å². The lowest BCUT2D eigenvalue weighted by Crippen LogP contribution is -2.53. The van der Waals surface area contributed by atoms with E-state index in [0.29, 0.717) is 12.0 Å². The Bertz CT molecular complexity index is 741. The van der Waals surface area contributed by atoms with Crippen LogP contribution in [-0.2, 0) is 19.9 Å². The Hall–Kier alpha value is -2.43. The zero-order chi connectivity index (χ0) is 17.8. The van der Waals surface area contributed by atoms with Crippen LogP contribution in [0.15, 0.2) is 66.7 Å². The molecule has 0 bridgehead atoms. The Kier molecular flexibility index (Phi) is 5.02. The minimum absolute atomic E-state index is 0.218. The van der Waals surface area contributed by atoms with Gasteiger partial charge < -0.3 is 14.6 Å². The summed E-state index contributed by atoms with van der Waals surface area (Å²) < 4.78 is 11.1. The molecule has 0 amide bonds. The van der Waals surface area contributed by atoms with Crippen LogP contribution in [0.25, 0.3) is 6.08 Å². The SMILES string of the molecule is CCOC(=O)[C@@]1(c2ccccc2)OCC[C@]1(O)/C=C/c1ccccc1. The highest BCUT2D eigenvalue weighted by atomic mass is 16.6. The second kappa shape index (κ2) is 7.21. The number of rotatable bonds is 5. The molecule has 0 radical (unpaired) electrons. The van der Waals surface area contributed by atoms with Crippen molar-refractivity contribution in [1.29, 1.82) is 0 Å². The fourth-order valence-electron chi connectivity index (χ4n) is 3.25. The van der Waals surface area contributed by atoms with Crippen LogP contribution in [0.2, 0.25) is 0 Å². The number of esters is 1. The zero-order valence-electron chi connectivity index (χ0n) is 14.2. The van der Waals surface area contributed by atoms with Crippen molar-refractivity contribution in [2.75, 3.05) is 13.2 Å². The first kappa shape index (κ1) is 17.4. The quantitative estimate of drug-likeness (QED) is 0.850. The summed E-state index contributed by atoms with van der Waals surface area (Å²) in [6, 6.07) is 18.7. The van der Waals surface area contributed by atoms with E-state index in [0.717, 1.165) is 5.56 Å². The molecular formula is C21H22O4. The molecule has 1 heterocycles. The monoisotopic (exact) mass is 338 g/mol. The Labute approximate surface area is 147 Å². The van der Waals surface area contributed by atoms with Gasteiger partial charge in [0.05, 0.1) is 13.2 Å². The first-order valence-corrected chi connectivity index (χ1v) is 8.46. The molecule has 0 saturated carbocycles. The summed E-state index contributed by atoms with van der Waals surface area (Å²) in [7, 11) is 0. The lowest BCUT2D eigenvalue weighted by Gasteiger charge is -2.37. The maximum Gasteiger partial charge on any atom is 0.346 e. The summed E-state index contributed by atoms with van der Waals surface area (Å²) in [5.74, 6) is -0.570. The van der Waals surface area contributed by atoms with Gasteiger partial charge in [0, 0.05) is 6.42 Å². The Morgan fingerprint density at radius 2 is 1.80 bits per heavy atom. The molecule has 4 nitrogen and oxygen atoms in total. The van der Waals surface area contributed by atoms with E-state index in [1.807, 2.05) is 54.6 Å². The van der Waals surface area contributed by atoms with Gasteiger partial charge in [0.1, 0.15) is 5.60 Å². The summed E-state index contributed by atoms with van der Waals surface area (Å²) in [5.41, 5.74) is -1.52. The summed E-state index contributed by atoms with van der Waals surface area (Å²) in [6.45, 7) is 2.23. The van der Waals surface area contributed by atoms with Crippen molar-refractivity contribution in [1.82, 2.24) is 0 Å². The van der Waals surface area contributed by atoms with Gasteiger partial charge in [-0.3, -0.25) is 0 Å². The molecule has 2 aromatic rings. The topological polar surface area (TPSA) is 55.8 Å². The third kappa shape index (κ3) is 3.11. The van der Waals surface area contributed by atoms with Crippen LogP contribution < -0.4 is 0 Å². The molecule has 0 aromatic heterocycles. The maximum absolute atomic E-state index is 12.9. The summed E-state index contributed by atoms with van der Waals surface area (Å²) >= 11 is 0. The lowest BCUT2D eigenvalue weighted by atomic mass is 9.77. The van der Waals surface area contributed by atoms with Gasteiger partial charge in [-0.25, -0.2) is 4.79 Å². The van der Waals surface area contributed by atoms with Crippen molar-refractivity contribution < 1.29 is 19.4 Å². The van der Waals surface area contributed by atoms with Crippen LogP contribution in [0, 0.1) is 0 Å². The normalized spacial score (nSPS) is 26.0.